The van der Waals surface area contributed by atoms with E-state index >= 15 is 0 Å². The maximum absolute atomic E-state index is 11.9. The minimum atomic E-state index is -0.525. The third kappa shape index (κ3) is 0.817. The summed E-state index contributed by atoms with van der Waals surface area (Å²) in [6.07, 6.45) is 2.73. The van der Waals surface area contributed by atoms with Gasteiger partial charge in [0.1, 0.15) is 6.17 Å². The molecule has 1 heteroatoms. The van der Waals surface area contributed by atoms with Crippen molar-refractivity contribution in [3.63, 3.8) is 0 Å². The fraction of sp³-hybridized carbons (Fsp3) is 0.667. The first-order chi connectivity index (χ1) is 3.33. The highest BCUT2D eigenvalue weighted by atomic mass is 19.1. The molecule has 1 aliphatic carbocycles. The summed E-state index contributed by atoms with van der Waals surface area (Å²) in [5, 5.41) is 0. The van der Waals surface area contributed by atoms with Crippen molar-refractivity contribution in [2.75, 3.05) is 0 Å². The van der Waals surface area contributed by atoms with E-state index in [4.69, 9.17) is 0 Å². The fourth-order valence-electron chi connectivity index (χ4n) is 0.780. The molecule has 0 aromatic rings. The number of halogens is 1. The number of hydrogen-bond donors (Lipinski definition) is 0. The van der Waals surface area contributed by atoms with Gasteiger partial charge in [0.15, 0.2) is 0 Å². The molecule has 0 saturated heterocycles. The predicted molar refractivity (Wildman–Crippen MR) is 27.8 cm³/mol. The number of hydrogen-bond acceptors (Lipinski definition) is 0. The van der Waals surface area contributed by atoms with Gasteiger partial charge in [-0.15, -0.1) is 6.58 Å². The molecule has 1 rings (SSSR count). The maximum Gasteiger partial charge on any atom is 0.101 e. The van der Waals surface area contributed by atoms with Crippen LogP contribution in [0, 0.1) is 5.92 Å². The van der Waals surface area contributed by atoms with Gasteiger partial charge in [-0.2, -0.15) is 0 Å². The van der Waals surface area contributed by atoms with Gasteiger partial charge in [-0.3, -0.25) is 0 Å². The summed E-state index contributed by atoms with van der Waals surface area (Å²) in [6, 6.07) is 0. The lowest BCUT2D eigenvalue weighted by Crippen LogP contribution is -2.22. The Hall–Kier alpha value is -0.330. The molecule has 1 saturated carbocycles. The minimum absolute atomic E-state index is 0.481. The van der Waals surface area contributed by atoms with Gasteiger partial charge in [0.2, 0.25) is 0 Å². The molecule has 0 aromatic heterocycles. The SMILES string of the molecule is C=CC1CC(F)C1. The topological polar surface area (TPSA) is 0 Å². The molecule has 0 aliphatic heterocycles. The van der Waals surface area contributed by atoms with Gasteiger partial charge >= 0.3 is 0 Å². The molecule has 1 fully saturated rings. The van der Waals surface area contributed by atoms with Crippen LogP contribution in [0.25, 0.3) is 0 Å². The second kappa shape index (κ2) is 1.65. The molecule has 0 aromatic carbocycles. The summed E-state index contributed by atoms with van der Waals surface area (Å²) in [7, 11) is 0. The Kier molecular flexibility index (Phi) is 1.13. The molecule has 0 N–H and O–H groups in total. The lowest BCUT2D eigenvalue weighted by molar-refractivity contribution is 0.162. The van der Waals surface area contributed by atoms with Crippen LogP contribution in [0.4, 0.5) is 4.39 Å². The number of alkyl halides is 1. The lowest BCUT2D eigenvalue weighted by Gasteiger charge is -2.25. The van der Waals surface area contributed by atoms with Crippen molar-refractivity contribution < 1.29 is 4.39 Å². The summed E-state index contributed by atoms with van der Waals surface area (Å²) in [5.74, 6) is 0.481. The van der Waals surface area contributed by atoms with Crippen LogP contribution in [0.3, 0.4) is 0 Å². The average molecular weight is 100 g/mol. The van der Waals surface area contributed by atoms with Crippen molar-refractivity contribution in [2.24, 2.45) is 5.92 Å². The Morgan fingerprint density at radius 2 is 2.14 bits per heavy atom. The molecule has 0 unspecified atom stereocenters. The standard InChI is InChI=1S/C6H9F/c1-2-5-3-6(7)4-5/h2,5-6H,1,3-4H2. The first-order valence-electron chi connectivity index (χ1n) is 2.59. The monoisotopic (exact) mass is 100 g/mol. The second-order valence-electron chi connectivity index (χ2n) is 2.06. The Morgan fingerprint density at radius 1 is 1.57 bits per heavy atom. The molecular weight excluding hydrogens is 91.1 g/mol. The molecule has 0 atom stereocenters. The Labute approximate surface area is 43.0 Å². The van der Waals surface area contributed by atoms with Crippen LogP contribution in [-0.4, -0.2) is 6.17 Å². The molecule has 0 spiro atoms. The van der Waals surface area contributed by atoms with E-state index in [9.17, 15) is 4.39 Å². The van der Waals surface area contributed by atoms with E-state index in [-0.39, 0.29) is 0 Å². The van der Waals surface area contributed by atoms with Gasteiger partial charge in [-0.25, -0.2) is 4.39 Å². The van der Waals surface area contributed by atoms with E-state index in [1.807, 2.05) is 6.08 Å². The molecule has 0 heterocycles. The Bertz CT molecular complexity index is 72.2. The molecule has 0 bridgehead atoms. The number of rotatable bonds is 1. The van der Waals surface area contributed by atoms with Crippen molar-refractivity contribution in [3.8, 4) is 0 Å². The first-order valence-corrected chi connectivity index (χ1v) is 2.59. The second-order valence-corrected chi connectivity index (χ2v) is 2.06. The predicted octanol–water partition coefficient (Wildman–Crippen LogP) is 1.92. The average Bonchev–Trinajstić information content (AvgIpc) is 1.58. The largest absolute Gasteiger partial charge is 0.247 e. The van der Waals surface area contributed by atoms with Gasteiger partial charge in [0.05, 0.1) is 0 Å². The lowest BCUT2D eigenvalue weighted by atomic mass is 9.84. The Morgan fingerprint density at radius 3 is 2.29 bits per heavy atom. The molecule has 40 valence electrons. The highest BCUT2D eigenvalue weighted by Gasteiger charge is 2.25. The molecule has 1 aliphatic rings. The molecular formula is C6H9F. The smallest absolute Gasteiger partial charge is 0.101 e. The normalized spacial score (nSPS) is 39.6. The van der Waals surface area contributed by atoms with Crippen molar-refractivity contribution >= 4 is 0 Å². The van der Waals surface area contributed by atoms with Crippen molar-refractivity contribution in [3.05, 3.63) is 12.7 Å². The van der Waals surface area contributed by atoms with E-state index in [0.717, 1.165) is 0 Å². The third-order valence-corrected chi connectivity index (χ3v) is 1.45. The van der Waals surface area contributed by atoms with E-state index in [1.165, 1.54) is 0 Å². The van der Waals surface area contributed by atoms with Gasteiger partial charge in [0, 0.05) is 0 Å². The zero-order valence-electron chi connectivity index (χ0n) is 4.23. The van der Waals surface area contributed by atoms with Gasteiger partial charge in [-0.05, 0) is 18.8 Å². The van der Waals surface area contributed by atoms with Gasteiger partial charge in [0.25, 0.3) is 0 Å². The third-order valence-electron chi connectivity index (χ3n) is 1.45. The van der Waals surface area contributed by atoms with E-state index in [0.29, 0.717) is 18.8 Å². The highest BCUT2D eigenvalue weighted by molar-refractivity contribution is 4.90. The number of allylic oxidation sites excluding steroid dienone is 1. The minimum Gasteiger partial charge on any atom is -0.247 e. The summed E-state index contributed by atoms with van der Waals surface area (Å²) in [4.78, 5) is 0. The molecule has 0 nitrogen and oxygen atoms in total. The quantitative estimate of drug-likeness (QED) is 0.441. The van der Waals surface area contributed by atoms with Crippen LogP contribution in [0.15, 0.2) is 12.7 Å². The summed E-state index contributed by atoms with van der Waals surface area (Å²) >= 11 is 0. The van der Waals surface area contributed by atoms with Crippen molar-refractivity contribution in [1.82, 2.24) is 0 Å². The zero-order valence-corrected chi connectivity index (χ0v) is 4.23. The van der Waals surface area contributed by atoms with Crippen LogP contribution in [-0.2, 0) is 0 Å². The van der Waals surface area contributed by atoms with Gasteiger partial charge in [-0.1, -0.05) is 6.08 Å². The maximum atomic E-state index is 11.9. The van der Waals surface area contributed by atoms with Crippen LogP contribution in [0.5, 0.6) is 0 Å². The molecule has 7 heavy (non-hydrogen) atoms. The zero-order chi connectivity index (χ0) is 5.28. The van der Waals surface area contributed by atoms with Crippen LogP contribution in [0.2, 0.25) is 0 Å². The highest BCUT2D eigenvalue weighted by Crippen LogP contribution is 2.30. The van der Waals surface area contributed by atoms with E-state index in [2.05, 4.69) is 6.58 Å². The summed E-state index contributed by atoms with van der Waals surface area (Å²) < 4.78 is 11.9. The van der Waals surface area contributed by atoms with Gasteiger partial charge < -0.3 is 0 Å². The Balaban J connectivity index is 2.17. The van der Waals surface area contributed by atoms with Crippen molar-refractivity contribution in [1.29, 1.82) is 0 Å². The molecule has 0 amide bonds. The molecule has 0 radical (unpaired) electrons. The van der Waals surface area contributed by atoms with E-state index < -0.39 is 6.17 Å². The fourth-order valence-corrected chi connectivity index (χ4v) is 0.780. The first kappa shape index (κ1) is 4.82. The summed E-state index contributed by atoms with van der Waals surface area (Å²) in [6.45, 7) is 3.55. The van der Waals surface area contributed by atoms with Crippen molar-refractivity contribution in [2.45, 2.75) is 19.0 Å². The van der Waals surface area contributed by atoms with E-state index in [1.54, 1.807) is 0 Å². The van der Waals surface area contributed by atoms with Crippen LogP contribution < -0.4 is 0 Å². The van der Waals surface area contributed by atoms with Crippen LogP contribution >= 0.6 is 0 Å². The summed E-state index contributed by atoms with van der Waals surface area (Å²) in [5.41, 5.74) is 0. The van der Waals surface area contributed by atoms with Crippen LogP contribution in [0.1, 0.15) is 12.8 Å².